The average Bonchev–Trinajstić information content (AvgIpc) is 2.98. The summed E-state index contributed by atoms with van der Waals surface area (Å²) in [6.07, 6.45) is 0.164. The van der Waals surface area contributed by atoms with Gasteiger partial charge >= 0.3 is 5.97 Å². The number of aliphatic hydroxyl groups is 1. The van der Waals surface area contributed by atoms with E-state index in [-0.39, 0.29) is 18.5 Å². The number of furan rings is 1. The molecular weight excluding hydrogens is 272 g/mol. The third kappa shape index (κ3) is 3.64. The van der Waals surface area contributed by atoms with Crippen LogP contribution < -0.4 is 4.74 Å². The first-order valence-electron chi connectivity index (χ1n) is 6.69. The average molecular weight is 290 g/mol. The maximum atomic E-state index is 11.4. The number of carbonyl (C=O) groups excluding carboxylic acids is 1. The number of hydrogen-bond donors (Lipinski definition) is 1. The highest BCUT2D eigenvalue weighted by Crippen LogP contribution is 2.26. The lowest BCUT2D eigenvalue weighted by molar-refractivity contribution is 0.0558. The summed E-state index contributed by atoms with van der Waals surface area (Å²) in [4.78, 5) is 11.4. The first-order chi connectivity index (χ1) is 10.2. The minimum Gasteiger partial charge on any atom is -0.482 e. The van der Waals surface area contributed by atoms with Crippen LogP contribution in [0.3, 0.4) is 0 Å². The highest BCUT2D eigenvalue weighted by molar-refractivity contribution is 5.86. The van der Waals surface area contributed by atoms with Crippen molar-refractivity contribution >= 4 is 5.97 Å². The molecule has 1 unspecified atom stereocenters. The molecule has 0 saturated heterocycles. The van der Waals surface area contributed by atoms with E-state index in [9.17, 15) is 4.79 Å². The van der Waals surface area contributed by atoms with Crippen LogP contribution in [0.4, 0.5) is 0 Å². The fourth-order valence-electron chi connectivity index (χ4n) is 1.98. The second kappa shape index (κ2) is 6.95. The SMILES string of the molecule is COC(=O)c1ccc(C(C)Oc2ccccc2CCO)o1. The topological polar surface area (TPSA) is 68.9 Å². The van der Waals surface area contributed by atoms with Gasteiger partial charge < -0.3 is 19.0 Å². The second-order valence-corrected chi connectivity index (χ2v) is 4.54. The second-order valence-electron chi connectivity index (χ2n) is 4.54. The van der Waals surface area contributed by atoms with E-state index in [0.29, 0.717) is 17.9 Å². The number of esters is 1. The molecule has 0 bridgehead atoms. The fraction of sp³-hybridized carbons (Fsp3) is 0.312. The molecule has 0 spiro atoms. The highest BCUT2D eigenvalue weighted by Gasteiger charge is 2.17. The predicted octanol–water partition coefficient (Wildman–Crippen LogP) is 2.74. The van der Waals surface area contributed by atoms with E-state index in [1.165, 1.54) is 7.11 Å². The Kier molecular flexibility index (Phi) is 5.00. The molecule has 5 nitrogen and oxygen atoms in total. The molecule has 1 aromatic carbocycles. The van der Waals surface area contributed by atoms with Crippen molar-refractivity contribution in [2.45, 2.75) is 19.4 Å². The number of methoxy groups -OCH3 is 1. The maximum absolute atomic E-state index is 11.4. The van der Waals surface area contributed by atoms with Crippen molar-refractivity contribution in [1.29, 1.82) is 0 Å². The summed E-state index contributed by atoms with van der Waals surface area (Å²) in [5.74, 6) is 0.852. The Morgan fingerprint density at radius 2 is 2.05 bits per heavy atom. The quantitative estimate of drug-likeness (QED) is 0.828. The largest absolute Gasteiger partial charge is 0.482 e. The van der Waals surface area contributed by atoms with Gasteiger partial charge in [0.25, 0.3) is 0 Å². The van der Waals surface area contributed by atoms with E-state index in [1.807, 2.05) is 31.2 Å². The Morgan fingerprint density at radius 3 is 2.76 bits per heavy atom. The van der Waals surface area contributed by atoms with Gasteiger partial charge in [0.1, 0.15) is 11.5 Å². The Labute approximate surface area is 123 Å². The molecule has 0 aliphatic rings. The van der Waals surface area contributed by atoms with E-state index < -0.39 is 5.97 Å². The molecule has 0 radical (unpaired) electrons. The van der Waals surface area contributed by atoms with Crippen LogP contribution in [0.5, 0.6) is 5.75 Å². The number of hydrogen-bond acceptors (Lipinski definition) is 5. The lowest BCUT2D eigenvalue weighted by Crippen LogP contribution is -2.05. The molecule has 0 saturated carbocycles. The third-order valence-electron chi connectivity index (χ3n) is 3.07. The molecule has 2 aromatic rings. The predicted molar refractivity (Wildman–Crippen MR) is 76.3 cm³/mol. The van der Waals surface area contributed by atoms with Gasteiger partial charge in [-0.15, -0.1) is 0 Å². The standard InChI is InChI=1S/C16H18O5/c1-11(13-7-8-15(21-13)16(18)19-2)20-14-6-4-3-5-12(14)9-10-17/h3-8,11,17H,9-10H2,1-2H3. The van der Waals surface area contributed by atoms with Gasteiger partial charge in [0, 0.05) is 6.61 Å². The molecule has 1 N–H and O–H groups in total. The number of carbonyl (C=O) groups is 1. The van der Waals surface area contributed by atoms with Gasteiger partial charge in [-0.2, -0.15) is 0 Å². The molecule has 1 atom stereocenters. The smallest absolute Gasteiger partial charge is 0.373 e. The minimum atomic E-state index is -0.519. The number of aliphatic hydroxyl groups excluding tert-OH is 1. The van der Waals surface area contributed by atoms with Crippen LogP contribution in [0.25, 0.3) is 0 Å². The van der Waals surface area contributed by atoms with Crippen molar-refractivity contribution in [3.8, 4) is 5.75 Å². The van der Waals surface area contributed by atoms with Crippen molar-refractivity contribution in [1.82, 2.24) is 0 Å². The van der Waals surface area contributed by atoms with Crippen LogP contribution in [0.2, 0.25) is 0 Å². The van der Waals surface area contributed by atoms with Crippen LogP contribution >= 0.6 is 0 Å². The molecule has 1 aromatic heterocycles. The van der Waals surface area contributed by atoms with Crippen LogP contribution in [0, 0.1) is 0 Å². The first-order valence-corrected chi connectivity index (χ1v) is 6.69. The van der Waals surface area contributed by atoms with Crippen molar-refractivity contribution in [3.63, 3.8) is 0 Å². The van der Waals surface area contributed by atoms with Crippen molar-refractivity contribution < 1.29 is 23.8 Å². The molecule has 21 heavy (non-hydrogen) atoms. The first kappa shape index (κ1) is 15.1. The number of ether oxygens (including phenoxy) is 2. The molecule has 0 aliphatic heterocycles. The van der Waals surface area contributed by atoms with Crippen LogP contribution in [0.1, 0.15) is 34.9 Å². The maximum Gasteiger partial charge on any atom is 0.373 e. The third-order valence-corrected chi connectivity index (χ3v) is 3.07. The monoisotopic (exact) mass is 290 g/mol. The van der Waals surface area contributed by atoms with Gasteiger partial charge in [-0.3, -0.25) is 0 Å². The van der Waals surface area contributed by atoms with Gasteiger partial charge in [0.05, 0.1) is 7.11 Å². The van der Waals surface area contributed by atoms with Gasteiger partial charge in [0.2, 0.25) is 5.76 Å². The summed E-state index contributed by atoms with van der Waals surface area (Å²) in [7, 11) is 1.30. The van der Waals surface area contributed by atoms with Gasteiger partial charge in [0.15, 0.2) is 6.10 Å². The molecule has 0 amide bonds. The summed E-state index contributed by atoms with van der Waals surface area (Å²) in [5, 5.41) is 9.06. The number of para-hydroxylation sites is 1. The summed E-state index contributed by atoms with van der Waals surface area (Å²) in [6.45, 7) is 1.89. The van der Waals surface area contributed by atoms with Crippen LogP contribution in [-0.4, -0.2) is 24.8 Å². The highest BCUT2D eigenvalue weighted by atomic mass is 16.5. The Balaban J connectivity index is 2.12. The summed E-state index contributed by atoms with van der Waals surface area (Å²) < 4.78 is 15.9. The van der Waals surface area contributed by atoms with E-state index in [2.05, 4.69) is 4.74 Å². The Hall–Kier alpha value is -2.27. The van der Waals surface area contributed by atoms with E-state index in [1.54, 1.807) is 12.1 Å². The zero-order valence-electron chi connectivity index (χ0n) is 12.0. The summed E-state index contributed by atoms with van der Waals surface area (Å²) in [5.41, 5.74) is 0.923. The molecule has 5 heteroatoms. The van der Waals surface area contributed by atoms with Crippen molar-refractivity contribution in [2.75, 3.05) is 13.7 Å². The lowest BCUT2D eigenvalue weighted by atomic mass is 10.1. The van der Waals surface area contributed by atoms with Crippen LogP contribution in [-0.2, 0) is 11.2 Å². The van der Waals surface area contributed by atoms with Gasteiger partial charge in [-0.25, -0.2) is 4.79 Å². The summed E-state index contributed by atoms with van der Waals surface area (Å²) in [6, 6.07) is 10.7. The minimum absolute atomic E-state index is 0.0575. The Morgan fingerprint density at radius 1 is 1.29 bits per heavy atom. The summed E-state index contributed by atoms with van der Waals surface area (Å²) >= 11 is 0. The zero-order valence-corrected chi connectivity index (χ0v) is 12.0. The van der Waals surface area contributed by atoms with E-state index >= 15 is 0 Å². The van der Waals surface area contributed by atoms with E-state index in [0.717, 1.165) is 5.56 Å². The molecule has 112 valence electrons. The molecule has 0 fully saturated rings. The fourth-order valence-corrected chi connectivity index (χ4v) is 1.98. The number of benzene rings is 1. The van der Waals surface area contributed by atoms with Crippen LogP contribution in [0.15, 0.2) is 40.8 Å². The molecule has 2 rings (SSSR count). The molecule has 1 heterocycles. The van der Waals surface area contributed by atoms with E-state index in [4.69, 9.17) is 14.3 Å². The number of rotatable bonds is 6. The van der Waals surface area contributed by atoms with Crippen molar-refractivity contribution in [2.24, 2.45) is 0 Å². The van der Waals surface area contributed by atoms with Gasteiger partial charge in [-0.1, -0.05) is 18.2 Å². The lowest BCUT2D eigenvalue weighted by Gasteiger charge is -2.15. The molecular formula is C16H18O5. The van der Waals surface area contributed by atoms with Crippen molar-refractivity contribution in [3.05, 3.63) is 53.5 Å². The normalized spacial score (nSPS) is 12.0. The Bertz CT molecular complexity index is 602. The van der Waals surface area contributed by atoms with Gasteiger partial charge in [-0.05, 0) is 37.1 Å². The molecule has 0 aliphatic carbocycles. The zero-order chi connectivity index (χ0) is 15.2.